The molecular formula is C20H20O3. The minimum atomic E-state index is -0.193. The van der Waals surface area contributed by atoms with Crippen LogP contribution in [0, 0.1) is 5.41 Å². The first-order valence-electron chi connectivity index (χ1n) is 7.74. The van der Waals surface area contributed by atoms with Gasteiger partial charge in [-0.05, 0) is 53.8 Å². The summed E-state index contributed by atoms with van der Waals surface area (Å²) in [5, 5.41) is 0. The van der Waals surface area contributed by atoms with E-state index in [1.54, 1.807) is 18.6 Å². The van der Waals surface area contributed by atoms with Crippen molar-refractivity contribution in [2.45, 2.75) is 26.7 Å². The van der Waals surface area contributed by atoms with Crippen LogP contribution in [0.1, 0.15) is 31.8 Å². The number of furan rings is 2. The molecule has 3 nitrogen and oxygen atoms in total. The summed E-state index contributed by atoms with van der Waals surface area (Å²) in [5.41, 5.74) is 1.68. The van der Waals surface area contributed by atoms with Gasteiger partial charge in [0.15, 0.2) is 5.78 Å². The van der Waals surface area contributed by atoms with Gasteiger partial charge in [-0.3, -0.25) is 4.79 Å². The maximum absolute atomic E-state index is 12.5. The predicted molar refractivity (Wildman–Crippen MR) is 89.7 cm³/mol. The molecule has 118 valence electrons. The lowest BCUT2D eigenvalue weighted by Gasteiger charge is -2.31. The van der Waals surface area contributed by atoms with Crippen molar-refractivity contribution in [1.82, 2.24) is 0 Å². The number of allylic oxidation sites excluding steroid dienone is 5. The van der Waals surface area contributed by atoms with E-state index in [9.17, 15) is 4.79 Å². The monoisotopic (exact) mass is 308 g/mol. The molecule has 0 unspecified atom stereocenters. The van der Waals surface area contributed by atoms with Crippen LogP contribution in [0.2, 0.25) is 0 Å². The zero-order valence-corrected chi connectivity index (χ0v) is 13.4. The van der Waals surface area contributed by atoms with Gasteiger partial charge in [-0.25, -0.2) is 0 Å². The van der Waals surface area contributed by atoms with Gasteiger partial charge < -0.3 is 8.83 Å². The van der Waals surface area contributed by atoms with Crippen LogP contribution in [0.4, 0.5) is 0 Å². The van der Waals surface area contributed by atoms with Crippen molar-refractivity contribution in [3.05, 3.63) is 77.7 Å². The summed E-state index contributed by atoms with van der Waals surface area (Å²) in [4.78, 5) is 12.5. The van der Waals surface area contributed by atoms with Gasteiger partial charge in [0.1, 0.15) is 11.5 Å². The molecule has 0 spiro atoms. The average molecular weight is 308 g/mol. The third-order valence-electron chi connectivity index (χ3n) is 4.05. The van der Waals surface area contributed by atoms with Crippen molar-refractivity contribution in [3.63, 3.8) is 0 Å². The Kier molecular flexibility index (Phi) is 4.20. The Balaban J connectivity index is 1.79. The van der Waals surface area contributed by atoms with E-state index in [0.29, 0.717) is 6.42 Å². The molecule has 0 saturated heterocycles. The van der Waals surface area contributed by atoms with Gasteiger partial charge in [0, 0.05) is 12.0 Å². The largest absolute Gasteiger partial charge is 0.469 e. The van der Waals surface area contributed by atoms with Crippen LogP contribution in [0.25, 0.3) is 6.08 Å². The van der Waals surface area contributed by atoms with Crippen molar-refractivity contribution >= 4 is 11.9 Å². The van der Waals surface area contributed by atoms with E-state index in [2.05, 4.69) is 13.8 Å². The zero-order chi connectivity index (χ0) is 16.3. The summed E-state index contributed by atoms with van der Waals surface area (Å²) in [5.74, 6) is 1.73. The smallest absolute Gasteiger partial charge is 0.182 e. The van der Waals surface area contributed by atoms with E-state index >= 15 is 0 Å². The summed E-state index contributed by atoms with van der Waals surface area (Å²) in [7, 11) is 0. The van der Waals surface area contributed by atoms with E-state index in [1.165, 1.54) is 0 Å². The topological polar surface area (TPSA) is 43.4 Å². The van der Waals surface area contributed by atoms with Crippen LogP contribution in [-0.2, 0) is 11.2 Å². The van der Waals surface area contributed by atoms with Gasteiger partial charge in [0.25, 0.3) is 0 Å². The highest BCUT2D eigenvalue weighted by atomic mass is 16.3. The number of carbonyl (C=O) groups is 1. The molecule has 1 aliphatic carbocycles. The molecule has 0 atom stereocenters. The molecule has 2 aromatic rings. The number of hydrogen-bond donors (Lipinski definition) is 0. The maximum Gasteiger partial charge on any atom is 0.182 e. The van der Waals surface area contributed by atoms with E-state index in [1.807, 2.05) is 42.5 Å². The number of rotatable bonds is 4. The Hall–Kier alpha value is -2.55. The van der Waals surface area contributed by atoms with Crippen LogP contribution < -0.4 is 0 Å². The average Bonchev–Trinajstić information content (AvgIpc) is 3.17. The Morgan fingerprint density at radius 1 is 1.13 bits per heavy atom. The second-order valence-corrected chi connectivity index (χ2v) is 6.39. The normalized spacial score (nSPS) is 19.5. The standard InChI is InChI=1S/C20H20O3/c1-20(2)14-15(7-8-16-5-3-11-22-16)13-19(21)18(20)10-9-17-6-4-12-23-17/h3-8,10-13H,9,14H2,1-2H3. The highest BCUT2D eigenvalue weighted by Gasteiger charge is 2.32. The zero-order valence-electron chi connectivity index (χ0n) is 13.4. The van der Waals surface area contributed by atoms with Gasteiger partial charge in [0.05, 0.1) is 12.5 Å². The maximum atomic E-state index is 12.5. The molecule has 0 aliphatic heterocycles. The lowest BCUT2D eigenvalue weighted by molar-refractivity contribution is -0.112. The summed E-state index contributed by atoms with van der Waals surface area (Å²) in [6, 6.07) is 7.52. The summed E-state index contributed by atoms with van der Waals surface area (Å²) < 4.78 is 10.6. The molecular weight excluding hydrogens is 288 g/mol. The van der Waals surface area contributed by atoms with E-state index in [-0.39, 0.29) is 11.2 Å². The second-order valence-electron chi connectivity index (χ2n) is 6.39. The molecule has 0 radical (unpaired) electrons. The first-order valence-corrected chi connectivity index (χ1v) is 7.74. The Morgan fingerprint density at radius 3 is 2.57 bits per heavy atom. The lowest BCUT2D eigenvalue weighted by Crippen LogP contribution is -2.25. The van der Waals surface area contributed by atoms with Crippen LogP contribution >= 0.6 is 0 Å². The molecule has 0 amide bonds. The van der Waals surface area contributed by atoms with Gasteiger partial charge in [-0.1, -0.05) is 26.0 Å². The first-order chi connectivity index (χ1) is 11.0. The first kappa shape index (κ1) is 15.3. The fourth-order valence-corrected chi connectivity index (χ4v) is 2.93. The van der Waals surface area contributed by atoms with Crippen molar-refractivity contribution in [2.75, 3.05) is 0 Å². The van der Waals surface area contributed by atoms with Crippen molar-refractivity contribution in [1.29, 1.82) is 0 Å². The molecule has 3 heteroatoms. The molecule has 1 aliphatic rings. The summed E-state index contributed by atoms with van der Waals surface area (Å²) in [6.07, 6.45) is 12.3. The van der Waals surface area contributed by atoms with Crippen LogP contribution in [0.3, 0.4) is 0 Å². The minimum Gasteiger partial charge on any atom is -0.469 e. The predicted octanol–water partition coefficient (Wildman–Crippen LogP) is 4.98. The van der Waals surface area contributed by atoms with Crippen molar-refractivity contribution in [3.8, 4) is 0 Å². The minimum absolute atomic E-state index is 0.0758. The number of ketones is 1. The quantitative estimate of drug-likeness (QED) is 0.748. The van der Waals surface area contributed by atoms with Gasteiger partial charge in [-0.15, -0.1) is 0 Å². The third-order valence-corrected chi connectivity index (χ3v) is 4.05. The Morgan fingerprint density at radius 2 is 1.91 bits per heavy atom. The molecule has 0 N–H and O–H groups in total. The molecule has 0 aromatic carbocycles. The fourth-order valence-electron chi connectivity index (χ4n) is 2.93. The SMILES string of the molecule is CC1(C)CC(C=Cc2ccco2)=CC(=O)C1=CCc1ccco1. The molecule has 2 aromatic heterocycles. The van der Waals surface area contributed by atoms with Gasteiger partial charge in [-0.2, -0.15) is 0 Å². The van der Waals surface area contributed by atoms with Crippen molar-refractivity contribution < 1.29 is 13.6 Å². The van der Waals surface area contributed by atoms with E-state index in [0.717, 1.165) is 29.1 Å². The Bertz CT molecular complexity index is 754. The molecule has 0 saturated carbocycles. The summed E-state index contributed by atoms with van der Waals surface area (Å²) in [6.45, 7) is 4.21. The molecule has 0 fully saturated rings. The van der Waals surface area contributed by atoms with E-state index < -0.39 is 0 Å². The van der Waals surface area contributed by atoms with Crippen LogP contribution in [0.5, 0.6) is 0 Å². The fraction of sp³-hybridized carbons (Fsp3) is 0.250. The van der Waals surface area contributed by atoms with Gasteiger partial charge in [0.2, 0.25) is 0 Å². The molecule has 0 bridgehead atoms. The molecule has 3 rings (SSSR count). The van der Waals surface area contributed by atoms with Gasteiger partial charge >= 0.3 is 0 Å². The van der Waals surface area contributed by atoms with Crippen LogP contribution in [0.15, 0.2) is 75.0 Å². The second kappa shape index (κ2) is 6.29. The van der Waals surface area contributed by atoms with E-state index in [4.69, 9.17) is 8.83 Å². The highest BCUT2D eigenvalue weighted by molar-refractivity contribution is 6.06. The van der Waals surface area contributed by atoms with Crippen LogP contribution in [-0.4, -0.2) is 5.78 Å². The molecule has 2 heterocycles. The molecule has 23 heavy (non-hydrogen) atoms. The number of hydrogen-bond acceptors (Lipinski definition) is 3. The lowest BCUT2D eigenvalue weighted by atomic mass is 9.72. The highest BCUT2D eigenvalue weighted by Crippen LogP contribution is 2.39. The Labute approximate surface area is 136 Å². The third kappa shape index (κ3) is 3.62. The van der Waals surface area contributed by atoms with Crippen molar-refractivity contribution in [2.24, 2.45) is 5.41 Å². The number of carbonyl (C=O) groups excluding carboxylic acids is 1. The summed E-state index contributed by atoms with van der Waals surface area (Å²) >= 11 is 0.